The van der Waals surface area contributed by atoms with Crippen molar-refractivity contribution in [1.82, 2.24) is 0 Å². The number of carboxylic acids is 1. The SMILES string of the molecule is CCC1C(=O)N2CCc3cc(C(=O)O)cc1c32. The van der Waals surface area contributed by atoms with Gasteiger partial charge in [0.05, 0.1) is 17.2 Å². The second-order valence-corrected chi connectivity index (χ2v) is 4.58. The maximum Gasteiger partial charge on any atom is 0.335 e. The van der Waals surface area contributed by atoms with E-state index in [0.29, 0.717) is 12.1 Å². The van der Waals surface area contributed by atoms with Gasteiger partial charge in [-0.2, -0.15) is 0 Å². The molecule has 1 aromatic rings. The molecule has 0 aliphatic carbocycles. The molecule has 1 N–H and O–H groups in total. The summed E-state index contributed by atoms with van der Waals surface area (Å²) in [6.45, 7) is 2.66. The molecular weight excluding hydrogens is 218 g/mol. The van der Waals surface area contributed by atoms with E-state index >= 15 is 0 Å². The second kappa shape index (κ2) is 3.32. The zero-order chi connectivity index (χ0) is 12.2. The van der Waals surface area contributed by atoms with E-state index in [4.69, 9.17) is 5.11 Å². The Balaban J connectivity index is 2.23. The van der Waals surface area contributed by atoms with Gasteiger partial charge in [-0.25, -0.2) is 4.79 Å². The van der Waals surface area contributed by atoms with Gasteiger partial charge in [-0.1, -0.05) is 6.92 Å². The minimum absolute atomic E-state index is 0.129. The van der Waals surface area contributed by atoms with E-state index in [1.54, 1.807) is 12.1 Å². The Bertz CT molecular complexity index is 536. The number of aromatic carboxylic acids is 1. The van der Waals surface area contributed by atoms with Crippen molar-refractivity contribution in [3.63, 3.8) is 0 Å². The number of carboxylic acid groups (broad SMARTS) is 1. The Morgan fingerprint density at radius 3 is 2.94 bits per heavy atom. The highest BCUT2D eigenvalue weighted by molar-refractivity contribution is 6.08. The smallest absolute Gasteiger partial charge is 0.335 e. The molecule has 17 heavy (non-hydrogen) atoms. The number of carbonyl (C=O) groups excluding carboxylic acids is 1. The Hall–Kier alpha value is -1.84. The highest BCUT2D eigenvalue weighted by atomic mass is 16.4. The normalized spacial score (nSPS) is 20.9. The number of nitrogens with zero attached hydrogens (tertiary/aromatic N) is 1. The van der Waals surface area contributed by atoms with Crippen LogP contribution in [0.2, 0.25) is 0 Å². The zero-order valence-electron chi connectivity index (χ0n) is 9.56. The number of anilines is 1. The lowest BCUT2D eigenvalue weighted by molar-refractivity contribution is -0.119. The number of hydrogen-bond donors (Lipinski definition) is 1. The molecule has 4 heteroatoms. The van der Waals surface area contributed by atoms with Crippen molar-refractivity contribution in [2.45, 2.75) is 25.7 Å². The molecule has 0 radical (unpaired) electrons. The molecule has 3 rings (SSSR count). The van der Waals surface area contributed by atoms with E-state index in [1.165, 1.54) is 0 Å². The summed E-state index contributed by atoms with van der Waals surface area (Å²) in [5.41, 5.74) is 3.19. The van der Waals surface area contributed by atoms with Gasteiger partial charge in [0.1, 0.15) is 0 Å². The minimum Gasteiger partial charge on any atom is -0.478 e. The van der Waals surface area contributed by atoms with Crippen LogP contribution < -0.4 is 4.90 Å². The molecule has 1 unspecified atom stereocenters. The first-order valence-corrected chi connectivity index (χ1v) is 5.85. The summed E-state index contributed by atoms with van der Waals surface area (Å²) in [6.07, 6.45) is 1.50. The topological polar surface area (TPSA) is 57.6 Å². The molecule has 4 nitrogen and oxygen atoms in total. The van der Waals surface area contributed by atoms with Gasteiger partial charge in [0.2, 0.25) is 5.91 Å². The standard InChI is InChI=1S/C13H13NO3/c1-2-9-10-6-8(13(16)17)5-7-3-4-14(11(7)10)12(9)15/h5-6,9H,2-4H2,1H3,(H,16,17). The van der Waals surface area contributed by atoms with Gasteiger partial charge in [0.15, 0.2) is 0 Å². The molecule has 0 bridgehead atoms. The van der Waals surface area contributed by atoms with Crippen molar-refractivity contribution in [3.8, 4) is 0 Å². The Morgan fingerprint density at radius 1 is 1.53 bits per heavy atom. The quantitative estimate of drug-likeness (QED) is 0.844. The molecule has 0 saturated carbocycles. The van der Waals surface area contributed by atoms with E-state index in [0.717, 1.165) is 29.7 Å². The van der Waals surface area contributed by atoms with Crippen LogP contribution >= 0.6 is 0 Å². The fourth-order valence-corrected chi connectivity index (χ4v) is 2.91. The van der Waals surface area contributed by atoms with Gasteiger partial charge >= 0.3 is 5.97 Å². The zero-order valence-corrected chi connectivity index (χ0v) is 9.56. The lowest BCUT2D eigenvalue weighted by Crippen LogP contribution is -2.27. The van der Waals surface area contributed by atoms with Crippen molar-refractivity contribution >= 4 is 17.6 Å². The fraction of sp³-hybridized carbons (Fsp3) is 0.385. The van der Waals surface area contributed by atoms with Crippen molar-refractivity contribution in [3.05, 3.63) is 28.8 Å². The third kappa shape index (κ3) is 1.24. The van der Waals surface area contributed by atoms with E-state index < -0.39 is 5.97 Å². The molecule has 1 amide bonds. The average Bonchev–Trinajstić information content (AvgIpc) is 2.83. The lowest BCUT2D eigenvalue weighted by atomic mass is 9.93. The third-order valence-electron chi connectivity index (χ3n) is 3.69. The van der Waals surface area contributed by atoms with Gasteiger partial charge in [-0.05, 0) is 36.1 Å². The van der Waals surface area contributed by atoms with Crippen LogP contribution in [0.5, 0.6) is 0 Å². The largest absolute Gasteiger partial charge is 0.478 e. The molecule has 1 atom stereocenters. The van der Waals surface area contributed by atoms with Gasteiger partial charge in [0.25, 0.3) is 0 Å². The van der Waals surface area contributed by atoms with E-state index in [-0.39, 0.29) is 11.8 Å². The summed E-state index contributed by atoms with van der Waals surface area (Å²) in [5.74, 6) is -0.941. The highest BCUT2D eigenvalue weighted by Crippen LogP contribution is 2.45. The monoisotopic (exact) mass is 231 g/mol. The third-order valence-corrected chi connectivity index (χ3v) is 3.69. The van der Waals surface area contributed by atoms with E-state index in [9.17, 15) is 9.59 Å². The van der Waals surface area contributed by atoms with Crippen LogP contribution in [0.3, 0.4) is 0 Å². The molecule has 0 saturated heterocycles. The predicted octanol–water partition coefficient (Wildman–Crippen LogP) is 1.78. The number of carbonyl (C=O) groups is 2. The maximum absolute atomic E-state index is 12.1. The van der Waals surface area contributed by atoms with Crippen LogP contribution in [0, 0.1) is 0 Å². The minimum atomic E-state index is -0.920. The summed E-state index contributed by atoms with van der Waals surface area (Å²) >= 11 is 0. The van der Waals surface area contributed by atoms with Crippen LogP contribution in [0.1, 0.15) is 40.7 Å². The van der Waals surface area contributed by atoms with E-state index in [1.807, 2.05) is 11.8 Å². The van der Waals surface area contributed by atoms with Gasteiger partial charge < -0.3 is 10.0 Å². The lowest BCUT2D eigenvalue weighted by Gasteiger charge is -2.10. The first kappa shape index (κ1) is 10.3. The number of hydrogen-bond acceptors (Lipinski definition) is 2. The number of amides is 1. The van der Waals surface area contributed by atoms with Crippen molar-refractivity contribution in [2.75, 3.05) is 11.4 Å². The van der Waals surface area contributed by atoms with Crippen LogP contribution in [-0.2, 0) is 11.2 Å². The van der Waals surface area contributed by atoms with Gasteiger partial charge in [0, 0.05) is 6.54 Å². The van der Waals surface area contributed by atoms with E-state index in [2.05, 4.69) is 0 Å². The molecule has 2 heterocycles. The maximum atomic E-state index is 12.1. The molecule has 0 spiro atoms. The molecule has 1 aromatic carbocycles. The summed E-state index contributed by atoms with van der Waals surface area (Å²) < 4.78 is 0. The highest BCUT2D eigenvalue weighted by Gasteiger charge is 2.41. The first-order chi connectivity index (χ1) is 8.13. The number of rotatable bonds is 2. The van der Waals surface area contributed by atoms with Crippen LogP contribution in [0.15, 0.2) is 12.1 Å². The van der Waals surface area contributed by atoms with Crippen molar-refractivity contribution in [2.24, 2.45) is 0 Å². The van der Waals surface area contributed by atoms with Crippen LogP contribution in [-0.4, -0.2) is 23.5 Å². The molecule has 2 aliphatic heterocycles. The number of benzene rings is 1. The molecule has 88 valence electrons. The Morgan fingerprint density at radius 2 is 2.29 bits per heavy atom. The second-order valence-electron chi connectivity index (χ2n) is 4.58. The summed E-state index contributed by atoms with van der Waals surface area (Å²) in [4.78, 5) is 25.0. The first-order valence-electron chi connectivity index (χ1n) is 5.85. The fourth-order valence-electron chi connectivity index (χ4n) is 2.91. The van der Waals surface area contributed by atoms with Crippen molar-refractivity contribution < 1.29 is 14.7 Å². The summed E-state index contributed by atoms with van der Waals surface area (Å²) in [7, 11) is 0. The summed E-state index contributed by atoms with van der Waals surface area (Å²) in [5, 5.41) is 9.08. The van der Waals surface area contributed by atoms with Gasteiger partial charge in [-0.3, -0.25) is 4.79 Å². The molecule has 0 aromatic heterocycles. The van der Waals surface area contributed by atoms with Crippen molar-refractivity contribution in [1.29, 1.82) is 0 Å². The van der Waals surface area contributed by atoms with Crippen LogP contribution in [0.4, 0.5) is 5.69 Å². The molecule has 0 fully saturated rings. The predicted molar refractivity (Wildman–Crippen MR) is 62.5 cm³/mol. The Labute approximate surface area is 98.9 Å². The van der Waals surface area contributed by atoms with Crippen LogP contribution in [0.25, 0.3) is 0 Å². The average molecular weight is 231 g/mol. The summed E-state index contributed by atoms with van der Waals surface area (Å²) in [6, 6.07) is 3.37. The van der Waals surface area contributed by atoms with Gasteiger partial charge in [-0.15, -0.1) is 0 Å². The Kier molecular flexibility index (Phi) is 2.02. The molecular formula is C13H13NO3. The molecule has 2 aliphatic rings.